The van der Waals surface area contributed by atoms with Crippen molar-refractivity contribution in [3.63, 3.8) is 0 Å². The van der Waals surface area contributed by atoms with Gasteiger partial charge >= 0.3 is 0 Å². The summed E-state index contributed by atoms with van der Waals surface area (Å²) in [6, 6.07) is 8.81. The van der Waals surface area contributed by atoms with E-state index in [9.17, 15) is 9.18 Å². The van der Waals surface area contributed by atoms with Gasteiger partial charge in [0.1, 0.15) is 10.6 Å². The van der Waals surface area contributed by atoms with Crippen LogP contribution >= 0.6 is 22.7 Å². The summed E-state index contributed by atoms with van der Waals surface area (Å²) in [4.78, 5) is 22.9. The summed E-state index contributed by atoms with van der Waals surface area (Å²) in [5.74, 6) is -0.280. The van der Waals surface area contributed by atoms with Crippen LogP contribution in [-0.2, 0) is 6.54 Å². The van der Waals surface area contributed by atoms with Gasteiger partial charge in [-0.15, -0.1) is 11.3 Å². The van der Waals surface area contributed by atoms with Crippen molar-refractivity contribution in [1.29, 1.82) is 0 Å². The summed E-state index contributed by atoms with van der Waals surface area (Å²) in [7, 11) is 3.91. The fraction of sp³-hybridized carbons (Fsp3) is 0.333. The van der Waals surface area contributed by atoms with Crippen LogP contribution in [0.15, 0.2) is 30.3 Å². The third-order valence-corrected chi connectivity index (χ3v) is 6.53. The Hall–Kier alpha value is -1.99. The Kier molecular flexibility index (Phi) is 4.21. The van der Waals surface area contributed by atoms with Crippen LogP contribution in [-0.4, -0.2) is 35.9 Å². The third kappa shape index (κ3) is 3.26. The average molecular weight is 375 g/mol. The highest BCUT2D eigenvalue weighted by Crippen LogP contribution is 2.36. The largest absolute Gasteiger partial charge is 0.354 e. The van der Waals surface area contributed by atoms with Crippen LogP contribution in [0.3, 0.4) is 0 Å². The SMILES string of the molecule is CN(C)c1nc2sc(C(=O)N(Cc3ccccc3F)C3CC3)cc2s1. The third-order valence-electron chi connectivity index (χ3n) is 4.22. The molecule has 0 bridgehead atoms. The fourth-order valence-electron chi connectivity index (χ4n) is 2.73. The summed E-state index contributed by atoms with van der Waals surface area (Å²) in [6.07, 6.45) is 1.98. The predicted octanol–water partition coefficient (Wildman–Crippen LogP) is 4.37. The van der Waals surface area contributed by atoms with Crippen molar-refractivity contribution in [2.75, 3.05) is 19.0 Å². The lowest BCUT2D eigenvalue weighted by Crippen LogP contribution is -2.32. The standard InChI is InChI=1S/C18H18FN3OS2/c1-21(2)18-20-16-14(25-18)9-15(24-16)17(23)22(12-7-8-12)10-11-5-3-4-6-13(11)19/h3-6,9,12H,7-8,10H2,1-2H3. The van der Waals surface area contributed by atoms with E-state index in [1.807, 2.05) is 31.1 Å². The maximum Gasteiger partial charge on any atom is 0.264 e. The number of thiophene rings is 1. The minimum absolute atomic E-state index is 0.0210. The van der Waals surface area contributed by atoms with Gasteiger partial charge in [-0.25, -0.2) is 9.37 Å². The lowest BCUT2D eigenvalue weighted by Gasteiger charge is -2.22. The quantitative estimate of drug-likeness (QED) is 0.664. The zero-order chi connectivity index (χ0) is 17.6. The van der Waals surface area contributed by atoms with Gasteiger partial charge in [0.05, 0.1) is 9.58 Å². The molecule has 1 aromatic carbocycles. The first kappa shape index (κ1) is 16.5. The maximum atomic E-state index is 14.0. The highest BCUT2D eigenvalue weighted by atomic mass is 32.1. The number of thiazole rings is 1. The number of hydrogen-bond donors (Lipinski definition) is 0. The second-order valence-corrected chi connectivity index (χ2v) is 8.47. The van der Waals surface area contributed by atoms with Gasteiger partial charge in [0.15, 0.2) is 5.13 Å². The summed E-state index contributed by atoms with van der Waals surface area (Å²) < 4.78 is 15.0. The van der Waals surface area contributed by atoms with Crippen molar-refractivity contribution in [2.45, 2.75) is 25.4 Å². The highest BCUT2D eigenvalue weighted by molar-refractivity contribution is 7.29. The summed E-state index contributed by atoms with van der Waals surface area (Å²) in [5.41, 5.74) is 0.564. The molecule has 0 unspecified atom stereocenters. The van der Waals surface area contributed by atoms with Crippen molar-refractivity contribution >= 4 is 43.2 Å². The molecule has 0 aliphatic heterocycles. The molecule has 3 aromatic rings. The molecule has 0 saturated heterocycles. The number of halogens is 1. The smallest absolute Gasteiger partial charge is 0.264 e. The van der Waals surface area contributed by atoms with Gasteiger partial charge in [-0.3, -0.25) is 4.79 Å². The lowest BCUT2D eigenvalue weighted by molar-refractivity contribution is 0.0733. The average Bonchev–Trinajstić information content (AvgIpc) is 3.21. The monoisotopic (exact) mass is 375 g/mol. The lowest BCUT2D eigenvalue weighted by atomic mass is 10.2. The van der Waals surface area contributed by atoms with E-state index in [4.69, 9.17) is 0 Å². The second-order valence-electron chi connectivity index (χ2n) is 6.43. The minimum Gasteiger partial charge on any atom is -0.354 e. The molecule has 2 heterocycles. The molecule has 1 fully saturated rings. The topological polar surface area (TPSA) is 36.4 Å². The molecule has 2 aromatic heterocycles. The van der Waals surface area contributed by atoms with E-state index in [0.717, 1.165) is 27.5 Å². The van der Waals surface area contributed by atoms with Gasteiger partial charge < -0.3 is 9.80 Å². The number of fused-ring (bicyclic) bond motifs is 1. The van der Waals surface area contributed by atoms with Crippen LogP contribution in [0.25, 0.3) is 9.53 Å². The van der Waals surface area contributed by atoms with Gasteiger partial charge in [-0.1, -0.05) is 29.5 Å². The van der Waals surface area contributed by atoms with Crippen molar-refractivity contribution in [1.82, 2.24) is 9.88 Å². The molecule has 7 heteroatoms. The molecule has 4 rings (SSSR count). The molecule has 0 atom stereocenters. The number of rotatable bonds is 5. The predicted molar refractivity (Wildman–Crippen MR) is 101 cm³/mol. The van der Waals surface area contributed by atoms with E-state index in [1.54, 1.807) is 28.4 Å². The number of carbonyl (C=O) groups excluding carboxylic acids is 1. The summed E-state index contributed by atoms with van der Waals surface area (Å²) in [6.45, 7) is 0.318. The molecule has 1 saturated carbocycles. The first-order valence-electron chi connectivity index (χ1n) is 8.15. The Morgan fingerprint density at radius 2 is 2.04 bits per heavy atom. The minimum atomic E-state index is -0.259. The molecule has 0 spiro atoms. The number of hydrogen-bond acceptors (Lipinski definition) is 5. The molecular weight excluding hydrogens is 357 g/mol. The van der Waals surface area contributed by atoms with E-state index >= 15 is 0 Å². The first-order chi connectivity index (χ1) is 12.0. The maximum absolute atomic E-state index is 14.0. The molecule has 0 N–H and O–H groups in total. The molecule has 130 valence electrons. The van der Waals surface area contributed by atoms with Crippen LogP contribution in [0.2, 0.25) is 0 Å². The number of benzene rings is 1. The summed E-state index contributed by atoms with van der Waals surface area (Å²) >= 11 is 3.00. The van der Waals surface area contributed by atoms with E-state index in [2.05, 4.69) is 4.98 Å². The number of amides is 1. The van der Waals surface area contributed by atoms with Crippen LogP contribution in [0, 0.1) is 5.82 Å². The Bertz CT molecular complexity index is 898. The van der Waals surface area contributed by atoms with Gasteiger partial charge in [-0.05, 0) is 25.0 Å². The van der Waals surface area contributed by atoms with E-state index in [0.29, 0.717) is 17.0 Å². The number of carbonyl (C=O) groups is 1. The van der Waals surface area contributed by atoms with E-state index in [1.165, 1.54) is 17.4 Å². The Morgan fingerprint density at radius 1 is 1.28 bits per heavy atom. The van der Waals surface area contributed by atoms with E-state index in [-0.39, 0.29) is 17.8 Å². The normalized spacial score (nSPS) is 14.0. The zero-order valence-electron chi connectivity index (χ0n) is 14.0. The molecule has 25 heavy (non-hydrogen) atoms. The van der Waals surface area contributed by atoms with E-state index < -0.39 is 0 Å². The van der Waals surface area contributed by atoms with Crippen LogP contribution in [0.5, 0.6) is 0 Å². The van der Waals surface area contributed by atoms with Crippen molar-refractivity contribution in [3.8, 4) is 0 Å². The Balaban J connectivity index is 1.60. The van der Waals surface area contributed by atoms with Crippen LogP contribution in [0.1, 0.15) is 28.1 Å². The van der Waals surface area contributed by atoms with Gasteiger partial charge in [0, 0.05) is 32.2 Å². The molecule has 0 radical (unpaired) electrons. The van der Waals surface area contributed by atoms with Gasteiger partial charge in [-0.2, -0.15) is 0 Å². The van der Waals surface area contributed by atoms with Crippen molar-refractivity contribution in [2.24, 2.45) is 0 Å². The number of anilines is 1. The van der Waals surface area contributed by atoms with Crippen molar-refractivity contribution < 1.29 is 9.18 Å². The Morgan fingerprint density at radius 3 is 2.68 bits per heavy atom. The molecule has 1 amide bonds. The number of nitrogens with zero attached hydrogens (tertiary/aromatic N) is 3. The van der Waals surface area contributed by atoms with Gasteiger partial charge in [0.2, 0.25) is 0 Å². The van der Waals surface area contributed by atoms with Gasteiger partial charge in [0.25, 0.3) is 5.91 Å². The second kappa shape index (κ2) is 6.38. The Labute approximate surface area is 153 Å². The number of aromatic nitrogens is 1. The fourth-order valence-corrected chi connectivity index (χ4v) is 4.81. The molecule has 4 nitrogen and oxygen atoms in total. The summed E-state index contributed by atoms with van der Waals surface area (Å²) in [5, 5.41) is 0.936. The van der Waals surface area contributed by atoms with Crippen LogP contribution < -0.4 is 4.90 Å². The molecule has 1 aliphatic carbocycles. The molecule has 1 aliphatic rings. The highest BCUT2D eigenvalue weighted by Gasteiger charge is 2.34. The first-order valence-corrected chi connectivity index (χ1v) is 9.78. The van der Waals surface area contributed by atoms with Crippen LogP contribution in [0.4, 0.5) is 9.52 Å². The zero-order valence-corrected chi connectivity index (χ0v) is 15.7. The van der Waals surface area contributed by atoms with Crippen molar-refractivity contribution in [3.05, 3.63) is 46.6 Å². The molecular formula is C18H18FN3OS2.